The third kappa shape index (κ3) is 3.29. The zero-order valence-corrected chi connectivity index (χ0v) is 13.9. The van der Waals surface area contributed by atoms with E-state index in [1.165, 1.54) is 11.3 Å². The Morgan fingerprint density at radius 2 is 1.70 bits per heavy atom. The van der Waals surface area contributed by atoms with Gasteiger partial charge in [-0.05, 0) is 50.6 Å². The number of benzene rings is 2. The van der Waals surface area contributed by atoms with E-state index in [0.717, 1.165) is 29.7 Å². The molecule has 0 spiro atoms. The second kappa shape index (κ2) is 6.69. The van der Waals surface area contributed by atoms with E-state index in [1.807, 2.05) is 36.4 Å². The molecule has 0 saturated carbocycles. The van der Waals surface area contributed by atoms with Gasteiger partial charge in [0.2, 0.25) is 5.55 Å². The Balaban J connectivity index is 2.14. The standard InChI is InChI=1S/C20H22N2O/c1-4-22(5-2)17-11-12-18-15(3)13-20(23-19(18)14-17)21-16-9-7-6-8-10-16/h6-14H,4-5H2,1-3H3. The first-order valence-corrected chi connectivity index (χ1v) is 8.10. The van der Waals surface area contributed by atoms with Crippen LogP contribution in [0.1, 0.15) is 19.4 Å². The maximum atomic E-state index is 6.03. The fourth-order valence-electron chi connectivity index (χ4n) is 2.80. The first-order valence-electron chi connectivity index (χ1n) is 8.10. The predicted octanol–water partition coefficient (Wildman–Crippen LogP) is 4.82. The summed E-state index contributed by atoms with van der Waals surface area (Å²) in [6, 6.07) is 18.3. The minimum Gasteiger partial charge on any atom is -0.438 e. The van der Waals surface area contributed by atoms with Crippen molar-refractivity contribution in [1.82, 2.24) is 0 Å². The number of nitrogens with zero attached hydrogens (tertiary/aromatic N) is 2. The van der Waals surface area contributed by atoms with Gasteiger partial charge in [0.15, 0.2) is 0 Å². The molecule has 118 valence electrons. The van der Waals surface area contributed by atoms with Crippen LogP contribution < -0.4 is 10.5 Å². The molecule has 1 aromatic heterocycles. The fraction of sp³-hybridized carbons (Fsp3) is 0.250. The van der Waals surface area contributed by atoms with Crippen molar-refractivity contribution in [1.29, 1.82) is 0 Å². The Morgan fingerprint density at radius 1 is 0.957 bits per heavy atom. The summed E-state index contributed by atoms with van der Waals surface area (Å²) in [6.45, 7) is 8.39. The number of para-hydroxylation sites is 1. The number of rotatable bonds is 4. The van der Waals surface area contributed by atoms with E-state index < -0.39 is 0 Å². The maximum absolute atomic E-state index is 6.03. The zero-order valence-electron chi connectivity index (χ0n) is 13.9. The monoisotopic (exact) mass is 306 g/mol. The van der Waals surface area contributed by atoms with Crippen LogP contribution in [0.25, 0.3) is 11.0 Å². The summed E-state index contributed by atoms with van der Waals surface area (Å²) in [5, 5.41) is 1.13. The van der Waals surface area contributed by atoms with E-state index in [-0.39, 0.29) is 0 Å². The van der Waals surface area contributed by atoms with Crippen molar-refractivity contribution in [3.05, 3.63) is 65.7 Å². The van der Waals surface area contributed by atoms with Gasteiger partial charge in [0, 0.05) is 36.3 Å². The van der Waals surface area contributed by atoms with Gasteiger partial charge in [0.1, 0.15) is 5.58 Å². The van der Waals surface area contributed by atoms with Crippen LogP contribution in [0.2, 0.25) is 0 Å². The van der Waals surface area contributed by atoms with E-state index >= 15 is 0 Å². The largest absolute Gasteiger partial charge is 0.438 e. The highest BCUT2D eigenvalue weighted by atomic mass is 16.3. The van der Waals surface area contributed by atoms with Gasteiger partial charge in [-0.2, -0.15) is 0 Å². The smallest absolute Gasteiger partial charge is 0.220 e. The maximum Gasteiger partial charge on any atom is 0.220 e. The van der Waals surface area contributed by atoms with Crippen LogP contribution in [0.15, 0.2) is 64.0 Å². The Hall–Kier alpha value is -2.55. The van der Waals surface area contributed by atoms with Crippen LogP contribution in [0, 0.1) is 6.92 Å². The summed E-state index contributed by atoms with van der Waals surface area (Å²) in [6.07, 6.45) is 0. The molecule has 0 aliphatic carbocycles. The molecular formula is C20H22N2O. The molecule has 0 bridgehead atoms. The molecule has 1 heterocycles. The van der Waals surface area contributed by atoms with Gasteiger partial charge in [-0.3, -0.25) is 0 Å². The highest BCUT2D eigenvalue weighted by Gasteiger charge is 2.06. The van der Waals surface area contributed by atoms with Gasteiger partial charge >= 0.3 is 0 Å². The number of hydrogen-bond donors (Lipinski definition) is 0. The number of anilines is 1. The summed E-state index contributed by atoms with van der Waals surface area (Å²) in [7, 11) is 0. The Labute approximate surface area is 136 Å². The van der Waals surface area contributed by atoms with Crippen molar-refractivity contribution >= 4 is 22.3 Å². The van der Waals surface area contributed by atoms with Crippen LogP contribution in [-0.4, -0.2) is 13.1 Å². The normalized spacial score (nSPS) is 11.9. The lowest BCUT2D eigenvalue weighted by atomic mass is 10.1. The predicted molar refractivity (Wildman–Crippen MR) is 96.2 cm³/mol. The zero-order chi connectivity index (χ0) is 16.2. The van der Waals surface area contributed by atoms with Crippen LogP contribution in [0.4, 0.5) is 11.4 Å². The molecule has 0 N–H and O–H groups in total. The third-order valence-corrected chi connectivity index (χ3v) is 4.07. The first kappa shape index (κ1) is 15.3. The molecule has 0 aliphatic rings. The molecule has 0 saturated heterocycles. The van der Waals surface area contributed by atoms with Crippen molar-refractivity contribution in [3.8, 4) is 0 Å². The second-order valence-corrected chi connectivity index (χ2v) is 5.57. The Morgan fingerprint density at radius 3 is 2.39 bits per heavy atom. The van der Waals surface area contributed by atoms with Crippen LogP contribution in [-0.2, 0) is 0 Å². The molecule has 3 rings (SSSR count). The van der Waals surface area contributed by atoms with Gasteiger partial charge < -0.3 is 9.32 Å². The van der Waals surface area contributed by atoms with Crippen LogP contribution in [0.5, 0.6) is 0 Å². The molecule has 0 unspecified atom stereocenters. The Kier molecular flexibility index (Phi) is 4.47. The number of aryl methyl sites for hydroxylation is 1. The quantitative estimate of drug-likeness (QED) is 0.691. The molecule has 23 heavy (non-hydrogen) atoms. The average molecular weight is 306 g/mol. The van der Waals surface area contributed by atoms with Gasteiger partial charge in [0.05, 0.1) is 5.69 Å². The van der Waals surface area contributed by atoms with Gasteiger partial charge in [0.25, 0.3) is 0 Å². The molecule has 3 aromatic rings. The molecule has 0 atom stereocenters. The van der Waals surface area contributed by atoms with E-state index in [1.54, 1.807) is 0 Å². The molecule has 3 heteroatoms. The molecule has 3 nitrogen and oxygen atoms in total. The highest BCUT2D eigenvalue weighted by molar-refractivity contribution is 5.83. The molecular weight excluding hydrogens is 284 g/mol. The topological polar surface area (TPSA) is 28.7 Å². The summed E-state index contributed by atoms with van der Waals surface area (Å²) < 4.78 is 6.03. The van der Waals surface area contributed by atoms with E-state index in [9.17, 15) is 0 Å². The average Bonchev–Trinajstić information content (AvgIpc) is 2.57. The first-order chi connectivity index (χ1) is 11.2. The fourth-order valence-corrected chi connectivity index (χ4v) is 2.80. The lowest BCUT2D eigenvalue weighted by molar-refractivity contribution is 0.543. The summed E-state index contributed by atoms with van der Waals surface area (Å²) in [4.78, 5) is 6.90. The highest BCUT2D eigenvalue weighted by Crippen LogP contribution is 2.23. The van der Waals surface area contributed by atoms with Crippen molar-refractivity contribution in [3.63, 3.8) is 0 Å². The van der Waals surface area contributed by atoms with E-state index in [2.05, 4.69) is 48.9 Å². The van der Waals surface area contributed by atoms with Gasteiger partial charge in [-0.25, -0.2) is 4.99 Å². The minimum atomic E-state index is 0.637. The minimum absolute atomic E-state index is 0.637. The molecule has 2 aromatic carbocycles. The van der Waals surface area contributed by atoms with Crippen LogP contribution >= 0.6 is 0 Å². The summed E-state index contributed by atoms with van der Waals surface area (Å²) in [5.41, 5.74) is 4.77. The van der Waals surface area contributed by atoms with E-state index in [0.29, 0.717) is 5.55 Å². The molecule has 0 aliphatic heterocycles. The second-order valence-electron chi connectivity index (χ2n) is 5.57. The summed E-state index contributed by atoms with van der Waals surface area (Å²) in [5.74, 6) is 0. The van der Waals surface area contributed by atoms with Crippen molar-refractivity contribution < 1.29 is 4.42 Å². The summed E-state index contributed by atoms with van der Waals surface area (Å²) >= 11 is 0. The number of fused-ring (bicyclic) bond motifs is 1. The molecule has 0 amide bonds. The molecule has 0 fully saturated rings. The molecule has 0 radical (unpaired) electrons. The third-order valence-electron chi connectivity index (χ3n) is 4.07. The van der Waals surface area contributed by atoms with E-state index in [4.69, 9.17) is 4.42 Å². The van der Waals surface area contributed by atoms with Gasteiger partial charge in [-0.1, -0.05) is 18.2 Å². The van der Waals surface area contributed by atoms with Crippen LogP contribution in [0.3, 0.4) is 0 Å². The van der Waals surface area contributed by atoms with Crippen molar-refractivity contribution in [2.24, 2.45) is 4.99 Å². The van der Waals surface area contributed by atoms with Crippen molar-refractivity contribution in [2.45, 2.75) is 20.8 Å². The van der Waals surface area contributed by atoms with Gasteiger partial charge in [-0.15, -0.1) is 0 Å². The number of hydrogen-bond acceptors (Lipinski definition) is 3. The SMILES string of the molecule is CCN(CC)c1ccc2c(C)cc(=Nc3ccccc3)oc2c1. The Bertz CT molecular complexity index is 862. The lowest BCUT2D eigenvalue weighted by Gasteiger charge is -2.21. The lowest BCUT2D eigenvalue weighted by Crippen LogP contribution is -2.21. The van der Waals surface area contributed by atoms with Crippen molar-refractivity contribution in [2.75, 3.05) is 18.0 Å².